The van der Waals surface area contributed by atoms with Crippen LogP contribution in [0.15, 0.2) is 59.8 Å². The minimum Gasteiger partial charge on any atom is -0.489 e. The zero-order valence-electron chi connectivity index (χ0n) is 32.1. The molecule has 0 radical (unpaired) electrons. The van der Waals surface area contributed by atoms with E-state index in [1.165, 1.54) is 0 Å². The Morgan fingerprint density at radius 2 is 1.37 bits per heavy atom. The number of oxime groups is 1. The maximum absolute atomic E-state index is 13.2. The molecular formula is C41H54N2O9. The molecule has 0 atom stereocenters. The minimum atomic E-state index is -1.32. The molecule has 0 unspecified atom stereocenters. The van der Waals surface area contributed by atoms with Crippen molar-refractivity contribution in [2.24, 2.45) is 5.16 Å². The highest BCUT2D eigenvalue weighted by molar-refractivity contribution is 6.06. The molecule has 2 aliphatic heterocycles. The van der Waals surface area contributed by atoms with Gasteiger partial charge in [0.15, 0.2) is 5.60 Å². The Hall–Kier alpha value is -4.67. The Balaban J connectivity index is 1.60. The van der Waals surface area contributed by atoms with Crippen LogP contribution in [0.4, 0.5) is 0 Å². The van der Waals surface area contributed by atoms with E-state index in [0.717, 1.165) is 22.3 Å². The number of carbonyl (C=O) groups excluding carboxylic acids is 4. The molecule has 2 aliphatic rings. The Labute approximate surface area is 307 Å². The van der Waals surface area contributed by atoms with Crippen molar-refractivity contribution in [3.63, 3.8) is 0 Å². The highest BCUT2D eigenvalue weighted by atomic mass is 16.7. The second kappa shape index (κ2) is 16.3. The number of ether oxygens (including phenoxy) is 4. The molecule has 2 heterocycles. The van der Waals surface area contributed by atoms with E-state index < -0.39 is 40.3 Å². The zero-order valence-corrected chi connectivity index (χ0v) is 32.1. The lowest BCUT2D eigenvalue weighted by molar-refractivity contribution is -0.169. The van der Waals surface area contributed by atoms with E-state index in [-0.39, 0.29) is 38.0 Å². The Morgan fingerprint density at radius 1 is 0.769 bits per heavy atom. The van der Waals surface area contributed by atoms with Crippen LogP contribution in [0, 0.1) is 0 Å². The number of nitrogens with zero attached hydrogens (tertiary/aromatic N) is 2. The van der Waals surface area contributed by atoms with Gasteiger partial charge in [-0.05, 0) is 97.6 Å². The molecule has 282 valence electrons. The zero-order chi connectivity index (χ0) is 38.3. The van der Waals surface area contributed by atoms with Gasteiger partial charge in [-0.2, -0.15) is 0 Å². The van der Waals surface area contributed by atoms with E-state index in [4.69, 9.17) is 23.8 Å². The topological polar surface area (TPSA) is 130 Å². The molecule has 0 N–H and O–H groups in total. The van der Waals surface area contributed by atoms with Crippen molar-refractivity contribution in [1.82, 2.24) is 4.90 Å². The number of benzene rings is 2. The van der Waals surface area contributed by atoms with Crippen LogP contribution in [0.2, 0.25) is 0 Å². The Bertz CT molecular complexity index is 1640. The summed E-state index contributed by atoms with van der Waals surface area (Å²) in [6, 6.07) is 15.6. The first-order chi connectivity index (χ1) is 24.2. The lowest BCUT2D eigenvalue weighted by Gasteiger charge is -2.29. The summed E-state index contributed by atoms with van der Waals surface area (Å²) in [5, 5.41) is 4.49. The normalized spacial score (nSPS) is 15.9. The third-order valence-electron chi connectivity index (χ3n) is 8.03. The van der Waals surface area contributed by atoms with Crippen LogP contribution < -0.4 is 4.74 Å². The van der Waals surface area contributed by atoms with Gasteiger partial charge in [-0.15, -0.1) is 0 Å². The third-order valence-corrected chi connectivity index (χ3v) is 8.03. The van der Waals surface area contributed by atoms with Gasteiger partial charge in [-0.1, -0.05) is 47.6 Å². The molecule has 0 spiro atoms. The van der Waals surface area contributed by atoms with Gasteiger partial charge >= 0.3 is 17.9 Å². The molecule has 0 aromatic heterocycles. The maximum atomic E-state index is 13.2. The van der Waals surface area contributed by atoms with E-state index in [1.807, 2.05) is 54.6 Å². The SMILES string of the molecule is CC(C)(C)OC(=O)CCC(=O)N1CC=C(c2ccc(OCc3ccccc3)cc2C2=NOC(CC(=O)OC(C)(C)C)(CC(=O)OC(C)(C)C)C2)CC1. The van der Waals surface area contributed by atoms with Gasteiger partial charge in [0.1, 0.15) is 29.2 Å². The average molecular weight is 719 g/mol. The molecule has 0 fully saturated rings. The average Bonchev–Trinajstić information content (AvgIpc) is 3.43. The van der Waals surface area contributed by atoms with Gasteiger partial charge in [0, 0.05) is 31.5 Å². The van der Waals surface area contributed by atoms with E-state index >= 15 is 0 Å². The van der Waals surface area contributed by atoms with Crippen LogP contribution in [-0.4, -0.2) is 69.9 Å². The second-order valence-corrected chi connectivity index (χ2v) is 16.4. The molecule has 11 nitrogen and oxygen atoms in total. The van der Waals surface area contributed by atoms with E-state index in [2.05, 4.69) is 5.16 Å². The van der Waals surface area contributed by atoms with Crippen LogP contribution in [0.25, 0.3) is 5.57 Å². The molecule has 2 aromatic carbocycles. The highest BCUT2D eigenvalue weighted by Gasteiger charge is 2.46. The van der Waals surface area contributed by atoms with Crippen molar-refractivity contribution in [1.29, 1.82) is 0 Å². The van der Waals surface area contributed by atoms with Gasteiger partial charge in [-0.3, -0.25) is 19.2 Å². The first kappa shape index (κ1) is 40.1. The Morgan fingerprint density at radius 3 is 1.92 bits per heavy atom. The summed E-state index contributed by atoms with van der Waals surface area (Å²) in [7, 11) is 0. The molecule has 0 aliphatic carbocycles. The summed E-state index contributed by atoms with van der Waals surface area (Å²) in [6.07, 6.45) is 2.38. The van der Waals surface area contributed by atoms with E-state index in [0.29, 0.717) is 37.6 Å². The van der Waals surface area contributed by atoms with Crippen molar-refractivity contribution in [3.05, 3.63) is 71.3 Å². The van der Waals surface area contributed by atoms with Crippen molar-refractivity contribution in [2.75, 3.05) is 13.1 Å². The van der Waals surface area contributed by atoms with Crippen molar-refractivity contribution >= 4 is 35.1 Å². The van der Waals surface area contributed by atoms with Crippen LogP contribution in [-0.2, 0) is 44.8 Å². The minimum absolute atomic E-state index is 0.0198. The maximum Gasteiger partial charge on any atom is 0.310 e. The molecule has 0 saturated carbocycles. The standard InChI is InChI=1S/C41H54N2O9/c1-38(2,3)49-35(45)18-17-34(44)43-21-19-29(20-22-43)31-16-15-30(48-27-28-13-11-10-12-14-28)23-32(31)33-24-41(52-42-33,25-36(46)50-39(4,5)6)26-37(47)51-40(7,8)9/h10-16,19,23H,17-18,20-22,24-27H2,1-9H3. The summed E-state index contributed by atoms with van der Waals surface area (Å²) in [4.78, 5) is 59.3. The first-order valence-electron chi connectivity index (χ1n) is 17.9. The molecule has 0 bridgehead atoms. The van der Waals surface area contributed by atoms with Crippen LogP contribution in [0.1, 0.15) is 118 Å². The lowest BCUT2D eigenvalue weighted by Crippen LogP contribution is -2.39. The van der Waals surface area contributed by atoms with E-state index in [9.17, 15) is 19.2 Å². The summed E-state index contributed by atoms with van der Waals surface area (Å²) in [5.41, 5.74) is 0.765. The summed E-state index contributed by atoms with van der Waals surface area (Å²) < 4.78 is 22.8. The fourth-order valence-electron chi connectivity index (χ4n) is 5.97. The lowest BCUT2D eigenvalue weighted by atomic mass is 9.85. The largest absolute Gasteiger partial charge is 0.489 e. The van der Waals surface area contributed by atoms with Crippen LogP contribution in [0.5, 0.6) is 5.75 Å². The first-order valence-corrected chi connectivity index (χ1v) is 17.9. The fourth-order valence-corrected chi connectivity index (χ4v) is 5.97. The molecule has 52 heavy (non-hydrogen) atoms. The van der Waals surface area contributed by atoms with Crippen LogP contribution >= 0.6 is 0 Å². The predicted octanol–water partition coefficient (Wildman–Crippen LogP) is 7.33. The Kier molecular flexibility index (Phi) is 12.6. The summed E-state index contributed by atoms with van der Waals surface area (Å²) in [6.45, 7) is 17.3. The van der Waals surface area contributed by atoms with Crippen molar-refractivity contribution in [3.8, 4) is 5.75 Å². The quantitative estimate of drug-likeness (QED) is 0.164. The monoisotopic (exact) mass is 718 g/mol. The van der Waals surface area contributed by atoms with Crippen molar-refractivity contribution in [2.45, 2.75) is 130 Å². The van der Waals surface area contributed by atoms with Crippen LogP contribution in [0.3, 0.4) is 0 Å². The van der Waals surface area contributed by atoms with Gasteiger partial charge in [-0.25, -0.2) is 0 Å². The summed E-state index contributed by atoms with van der Waals surface area (Å²) in [5.74, 6) is -0.938. The predicted molar refractivity (Wildman–Crippen MR) is 197 cm³/mol. The number of esters is 3. The van der Waals surface area contributed by atoms with Gasteiger partial charge < -0.3 is 28.7 Å². The third kappa shape index (κ3) is 12.5. The molecular weight excluding hydrogens is 664 g/mol. The number of amides is 1. The number of rotatable bonds is 12. The molecule has 11 heteroatoms. The number of carbonyl (C=O) groups is 4. The van der Waals surface area contributed by atoms with E-state index in [1.54, 1.807) is 67.2 Å². The number of hydrogen-bond acceptors (Lipinski definition) is 10. The van der Waals surface area contributed by atoms with Gasteiger partial charge in [0.2, 0.25) is 5.91 Å². The molecule has 4 rings (SSSR count). The molecule has 1 amide bonds. The second-order valence-electron chi connectivity index (χ2n) is 16.4. The molecule has 2 aromatic rings. The molecule has 0 saturated heterocycles. The van der Waals surface area contributed by atoms with Gasteiger partial charge in [0.25, 0.3) is 0 Å². The van der Waals surface area contributed by atoms with Gasteiger partial charge in [0.05, 0.1) is 25.0 Å². The van der Waals surface area contributed by atoms with Crippen molar-refractivity contribution < 1.29 is 43.0 Å². The summed E-state index contributed by atoms with van der Waals surface area (Å²) >= 11 is 0. The fraction of sp³-hybridized carbons (Fsp3) is 0.537. The highest BCUT2D eigenvalue weighted by Crippen LogP contribution is 2.38. The number of hydrogen-bond donors (Lipinski definition) is 0. The smallest absolute Gasteiger partial charge is 0.310 e.